The Bertz CT molecular complexity index is 1020. The number of benzene rings is 1. The number of hydrogen-bond donors (Lipinski definition) is 3. The zero-order chi connectivity index (χ0) is 20.3. The molecule has 146 valence electrons. The number of hydrogen-bond acceptors (Lipinski definition) is 6. The maximum absolute atomic E-state index is 12.5. The van der Waals surface area contributed by atoms with E-state index in [1.165, 1.54) is 11.2 Å². The SMILES string of the molecule is CC(C)N/N=C(\N)c1cccc(Nc2ncnn3ccc(C(=O)N(C)C)c23)c1. The molecule has 0 atom stereocenters. The van der Waals surface area contributed by atoms with Crippen molar-refractivity contribution in [3.05, 3.63) is 54.0 Å². The topological polar surface area (TPSA) is 113 Å². The lowest BCUT2D eigenvalue weighted by Gasteiger charge is -2.12. The van der Waals surface area contributed by atoms with E-state index in [0.717, 1.165) is 11.3 Å². The van der Waals surface area contributed by atoms with Gasteiger partial charge in [0.2, 0.25) is 0 Å². The quantitative estimate of drug-likeness (QED) is 0.341. The maximum atomic E-state index is 12.5. The number of hydrazone groups is 1. The van der Waals surface area contributed by atoms with Gasteiger partial charge >= 0.3 is 0 Å². The van der Waals surface area contributed by atoms with Gasteiger partial charge < -0.3 is 21.4 Å². The minimum absolute atomic E-state index is 0.120. The van der Waals surface area contributed by atoms with Crippen LogP contribution in [0.2, 0.25) is 0 Å². The van der Waals surface area contributed by atoms with Crippen LogP contribution >= 0.6 is 0 Å². The monoisotopic (exact) mass is 380 g/mol. The van der Waals surface area contributed by atoms with Crippen LogP contribution in [0.3, 0.4) is 0 Å². The lowest BCUT2D eigenvalue weighted by atomic mass is 10.2. The molecule has 0 saturated carbocycles. The highest BCUT2D eigenvalue weighted by atomic mass is 16.2. The number of amidine groups is 1. The number of nitrogens with one attached hydrogen (secondary N) is 2. The second-order valence-electron chi connectivity index (χ2n) is 6.82. The average Bonchev–Trinajstić information content (AvgIpc) is 3.10. The molecule has 0 bridgehead atoms. The third-order valence-corrected chi connectivity index (χ3v) is 3.95. The van der Waals surface area contributed by atoms with Gasteiger partial charge in [0.15, 0.2) is 11.7 Å². The fourth-order valence-corrected chi connectivity index (χ4v) is 2.62. The van der Waals surface area contributed by atoms with Crippen molar-refractivity contribution >= 4 is 28.8 Å². The van der Waals surface area contributed by atoms with Crippen LogP contribution < -0.4 is 16.5 Å². The van der Waals surface area contributed by atoms with E-state index in [0.29, 0.717) is 22.7 Å². The number of nitrogens with two attached hydrogens (primary N) is 1. The van der Waals surface area contributed by atoms with Gasteiger partial charge in [0, 0.05) is 37.6 Å². The summed E-state index contributed by atoms with van der Waals surface area (Å²) in [4.78, 5) is 18.3. The number of carbonyl (C=O) groups is 1. The van der Waals surface area contributed by atoms with Crippen molar-refractivity contribution in [2.24, 2.45) is 10.8 Å². The second kappa shape index (κ2) is 7.95. The zero-order valence-corrected chi connectivity index (χ0v) is 16.3. The van der Waals surface area contributed by atoms with Crippen LogP contribution in [0.1, 0.15) is 29.8 Å². The third kappa shape index (κ3) is 4.03. The summed E-state index contributed by atoms with van der Waals surface area (Å²) in [7, 11) is 3.42. The minimum atomic E-state index is -0.120. The van der Waals surface area contributed by atoms with Crippen LogP contribution in [0.15, 0.2) is 48.0 Å². The first-order chi connectivity index (χ1) is 13.4. The summed E-state index contributed by atoms with van der Waals surface area (Å²) in [6.07, 6.45) is 3.17. The predicted molar refractivity (Wildman–Crippen MR) is 110 cm³/mol. The fraction of sp³-hybridized carbons (Fsp3) is 0.263. The highest BCUT2D eigenvalue weighted by Crippen LogP contribution is 2.24. The maximum Gasteiger partial charge on any atom is 0.255 e. The van der Waals surface area contributed by atoms with Crippen molar-refractivity contribution in [2.45, 2.75) is 19.9 Å². The molecule has 3 rings (SSSR count). The van der Waals surface area contributed by atoms with E-state index in [2.05, 4.69) is 25.9 Å². The first kappa shape index (κ1) is 19.2. The summed E-state index contributed by atoms with van der Waals surface area (Å²) in [5.41, 5.74) is 11.7. The summed E-state index contributed by atoms with van der Waals surface area (Å²) in [6, 6.07) is 9.43. The number of nitrogens with zero attached hydrogens (tertiary/aromatic N) is 5. The second-order valence-corrected chi connectivity index (χ2v) is 6.82. The molecule has 0 aliphatic carbocycles. The number of fused-ring (bicyclic) bond motifs is 1. The molecule has 4 N–H and O–H groups in total. The smallest absolute Gasteiger partial charge is 0.255 e. The van der Waals surface area contributed by atoms with Gasteiger partial charge in [-0.3, -0.25) is 4.79 Å². The Kier molecular flexibility index (Phi) is 5.44. The molecule has 1 amide bonds. The normalized spacial score (nSPS) is 11.7. The number of carbonyl (C=O) groups excluding carboxylic acids is 1. The van der Waals surface area contributed by atoms with Crippen molar-refractivity contribution in [1.29, 1.82) is 0 Å². The van der Waals surface area contributed by atoms with Crippen molar-refractivity contribution in [1.82, 2.24) is 24.9 Å². The van der Waals surface area contributed by atoms with E-state index < -0.39 is 0 Å². The first-order valence-electron chi connectivity index (χ1n) is 8.87. The Hall–Kier alpha value is -3.62. The molecular weight excluding hydrogens is 356 g/mol. The Morgan fingerprint density at radius 1 is 1.29 bits per heavy atom. The van der Waals surface area contributed by atoms with Crippen LogP contribution in [-0.4, -0.2) is 51.4 Å². The van der Waals surface area contributed by atoms with E-state index in [-0.39, 0.29) is 11.9 Å². The average molecular weight is 380 g/mol. The lowest BCUT2D eigenvalue weighted by Crippen LogP contribution is -2.23. The molecule has 9 heteroatoms. The first-order valence-corrected chi connectivity index (χ1v) is 8.87. The number of anilines is 2. The van der Waals surface area contributed by atoms with Crippen LogP contribution in [-0.2, 0) is 0 Å². The molecular formula is C19H24N8O. The molecule has 9 nitrogen and oxygen atoms in total. The summed E-state index contributed by atoms with van der Waals surface area (Å²) < 4.78 is 1.62. The fourth-order valence-electron chi connectivity index (χ4n) is 2.62. The molecule has 1 aromatic carbocycles. The van der Waals surface area contributed by atoms with Gasteiger partial charge in [-0.05, 0) is 32.0 Å². The van der Waals surface area contributed by atoms with Gasteiger partial charge in [0.1, 0.15) is 11.8 Å². The van der Waals surface area contributed by atoms with E-state index in [9.17, 15) is 4.79 Å². The van der Waals surface area contributed by atoms with Gasteiger partial charge in [0.25, 0.3) is 5.91 Å². The van der Waals surface area contributed by atoms with Crippen LogP contribution in [0.4, 0.5) is 11.5 Å². The van der Waals surface area contributed by atoms with Crippen molar-refractivity contribution in [2.75, 3.05) is 19.4 Å². The molecule has 0 fully saturated rings. The van der Waals surface area contributed by atoms with Gasteiger partial charge in [-0.2, -0.15) is 10.2 Å². The number of rotatable bonds is 6. The van der Waals surface area contributed by atoms with Crippen LogP contribution in [0.5, 0.6) is 0 Å². The molecule has 2 heterocycles. The summed E-state index contributed by atoms with van der Waals surface area (Å²) in [5.74, 6) is 0.791. The Morgan fingerprint density at radius 3 is 2.79 bits per heavy atom. The van der Waals surface area contributed by atoms with Gasteiger partial charge in [-0.25, -0.2) is 9.50 Å². The molecule has 0 saturated heterocycles. The molecule has 2 aromatic heterocycles. The van der Waals surface area contributed by atoms with Gasteiger partial charge in [0.05, 0.1) is 5.56 Å². The highest BCUT2D eigenvalue weighted by Gasteiger charge is 2.18. The summed E-state index contributed by atoms with van der Waals surface area (Å²) >= 11 is 0. The molecule has 0 radical (unpaired) electrons. The van der Waals surface area contributed by atoms with Crippen molar-refractivity contribution in [3.63, 3.8) is 0 Å². The number of amides is 1. The number of aromatic nitrogens is 3. The third-order valence-electron chi connectivity index (χ3n) is 3.95. The predicted octanol–water partition coefficient (Wildman–Crippen LogP) is 1.79. The van der Waals surface area contributed by atoms with E-state index in [1.54, 1.807) is 30.9 Å². The van der Waals surface area contributed by atoms with Gasteiger partial charge in [-0.1, -0.05) is 12.1 Å². The zero-order valence-electron chi connectivity index (χ0n) is 16.3. The van der Waals surface area contributed by atoms with Crippen molar-refractivity contribution in [3.8, 4) is 0 Å². The minimum Gasteiger partial charge on any atom is -0.382 e. The molecule has 28 heavy (non-hydrogen) atoms. The van der Waals surface area contributed by atoms with Crippen LogP contribution in [0.25, 0.3) is 5.52 Å². The van der Waals surface area contributed by atoms with E-state index >= 15 is 0 Å². The Morgan fingerprint density at radius 2 is 2.07 bits per heavy atom. The standard InChI is InChI=1S/C19H24N8O/c1-12(2)24-25-17(20)13-6-5-7-14(10-13)23-18-16-15(19(28)26(3)4)8-9-27(16)22-11-21-18/h5-12,24H,1-4H3,(H2,20,25)(H,21,22,23). The summed E-state index contributed by atoms with van der Waals surface area (Å²) in [5, 5.41) is 11.6. The summed E-state index contributed by atoms with van der Waals surface area (Å²) in [6.45, 7) is 3.97. The highest BCUT2D eigenvalue weighted by molar-refractivity contribution is 6.04. The van der Waals surface area contributed by atoms with E-state index in [1.807, 2.05) is 38.1 Å². The van der Waals surface area contributed by atoms with Crippen LogP contribution in [0, 0.1) is 0 Å². The van der Waals surface area contributed by atoms with Crippen molar-refractivity contribution < 1.29 is 4.79 Å². The lowest BCUT2D eigenvalue weighted by molar-refractivity contribution is 0.0829. The van der Waals surface area contributed by atoms with E-state index in [4.69, 9.17) is 5.73 Å². The molecule has 0 spiro atoms. The Balaban J connectivity index is 1.95. The molecule has 3 aromatic rings. The largest absolute Gasteiger partial charge is 0.382 e. The van der Waals surface area contributed by atoms with Gasteiger partial charge in [-0.15, -0.1) is 0 Å². The molecule has 0 aliphatic heterocycles. The molecule has 0 aliphatic rings. The molecule has 0 unspecified atom stereocenters. The Labute approximate surface area is 163 Å².